The minimum absolute atomic E-state index is 0.166. The Morgan fingerprint density at radius 2 is 1.38 bits per heavy atom. The summed E-state index contributed by atoms with van der Waals surface area (Å²) in [6, 6.07) is 0. The van der Waals surface area contributed by atoms with Gasteiger partial charge >= 0.3 is 105 Å². The molecule has 0 aromatic heterocycles. The van der Waals surface area contributed by atoms with Crippen LogP contribution in [0.1, 0.15) is 64.2 Å². The topological polar surface area (TPSA) is 37.3 Å². The van der Waals surface area contributed by atoms with Crippen molar-refractivity contribution in [3.63, 3.8) is 0 Å². The van der Waals surface area contributed by atoms with Crippen LogP contribution in [0.3, 0.4) is 0 Å². The Labute approximate surface area is 105 Å². The Bertz CT molecular complexity index is 258. The number of hydrogen-bond acceptors (Lipinski definition) is 2. The first-order valence-electron chi connectivity index (χ1n) is 6.69. The van der Waals surface area contributed by atoms with Gasteiger partial charge in [0, 0.05) is 0 Å². The fourth-order valence-corrected chi connectivity index (χ4v) is 12.4. The predicted octanol–water partition coefficient (Wildman–Crippen LogP) is 3.75. The molecule has 0 aromatic carbocycles. The zero-order chi connectivity index (χ0) is 11.4. The fourth-order valence-electron chi connectivity index (χ4n) is 2.88. The Balaban J connectivity index is 1.87. The van der Waals surface area contributed by atoms with E-state index in [1.54, 1.807) is 0 Å². The first-order valence-corrected chi connectivity index (χ1v) is 12.5. The minimum atomic E-state index is -3.58. The summed E-state index contributed by atoms with van der Waals surface area (Å²) in [4.78, 5) is 0. The van der Waals surface area contributed by atoms with E-state index in [1.807, 2.05) is 0 Å². The molecule has 2 rings (SSSR count). The summed E-state index contributed by atoms with van der Waals surface area (Å²) in [5, 5.41) is 0.491. The molecule has 2 nitrogen and oxygen atoms in total. The van der Waals surface area contributed by atoms with Crippen LogP contribution in [-0.4, -0.2) is 22.0 Å². The van der Waals surface area contributed by atoms with Gasteiger partial charge in [0.2, 0.25) is 0 Å². The molecule has 0 bridgehead atoms. The van der Waals surface area contributed by atoms with Crippen LogP contribution in [-0.2, 0) is 3.74 Å². The van der Waals surface area contributed by atoms with Gasteiger partial charge in [-0.2, -0.15) is 0 Å². The van der Waals surface area contributed by atoms with Gasteiger partial charge < -0.3 is 0 Å². The summed E-state index contributed by atoms with van der Waals surface area (Å²) in [6.45, 7) is 0. The first kappa shape index (κ1) is 13.1. The van der Waals surface area contributed by atoms with Gasteiger partial charge in [-0.3, -0.25) is 0 Å². The van der Waals surface area contributed by atoms with E-state index in [2.05, 4.69) is 0 Å². The Hall–Kier alpha value is 0.668. The quantitative estimate of drug-likeness (QED) is 0.807. The van der Waals surface area contributed by atoms with Crippen molar-refractivity contribution >= 4 is 22.7 Å². The van der Waals surface area contributed by atoms with Crippen LogP contribution < -0.4 is 0 Å². The van der Waals surface area contributed by atoms with Crippen molar-refractivity contribution in [2.24, 2.45) is 0 Å². The Morgan fingerprint density at radius 1 is 0.875 bits per heavy atom. The van der Waals surface area contributed by atoms with E-state index < -0.39 is 12.7 Å². The maximum absolute atomic E-state index is 12.4. The van der Waals surface area contributed by atoms with Gasteiger partial charge in [0.05, 0.1) is 0 Å². The molecule has 0 radical (unpaired) electrons. The fraction of sp³-hybridized carbons (Fsp3) is 1.00. The van der Waals surface area contributed by atoms with Gasteiger partial charge in [0.15, 0.2) is 0 Å². The molecule has 2 saturated carbocycles. The van der Waals surface area contributed by atoms with Crippen LogP contribution in [0, 0.1) is 0 Å². The summed E-state index contributed by atoms with van der Waals surface area (Å²) in [5.41, 5.74) is 0. The monoisotopic (exact) mass is 306 g/mol. The van der Waals surface area contributed by atoms with Crippen molar-refractivity contribution in [1.29, 1.82) is 0 Å². The van der Waals surface area contributed by atoms with Crippen LogP contribution in [0.15, 0.2) is 0 Å². The molecule has 0 aromatic rings. The molecule has 0 amide bonds. The van der Waals surface area contributed by atoms with Gasteiger partial charge in [0.1, 0.15) is 0 Å². The van der Waals surface area contributed by atoms with E-state index in [9.17, 15) is 7.84 Å². The predicted molar refractivity (Wildman–Crippen MR) is 70.0 cm³/mol. The zero-order valence-corrected chi connectivity index (χ0v) is 12.6. The van der Waals surface area contributed by atoms with E-state index >= 15 is 0 Å². The van der Waals surface area contributed by atoms with Crippen LogP contribution in [0.5, 0.6) is 0 Å². The molecular formula is C12H23AsO2S. The molecule has 1 N–H and O–H groups in total. The van der Waals surface area contributed by atoms with Gasteiger partial charge in [-0.05, 0) is 0 Å². The van der Waals surface area contributed by atoms with E-state index in [0.717, 1.165) is 12.8 Å². The molecule has 16 heavy (non-hydrogen) atoms. The van der Waals surface area contributed by atoms with Crippen molar-refractivity contribution in [2.45, 2.75) is 74.2 Å². The number of rotatable bonds is 3. The van der Waals surface area contributed by atoms with Crippen molar-refractivity contribution in [3.8, 4) is 0 Å². The van der Waals surface area contributed by atoms with Crippen molar-refractivity contribution < 1.29 is 7.84 Å². The molecule has 0 aliphatic heterocycles. The third-order valence-corrected chi connectivity index (χ3v) is 13.3. The molecule has 2 aliphatic carbocycles. The zero-order valence-electron chi connectivity index (χ0n) is 9.94. The molecule has 1 unspecified atom stereocenters. The first-order chi connectivity index (χ1) is 7.68. The van der Waals surface area contributed by atoms with E-state index in [4.69, 9.17) is 0 Å². The van der Waals surface area contributed by atoms with Gasteiger partial charge in [-0.1, -0.05) is 0 Å². The molecule has 0 saturated heterocycles. The van der Waals surface area contributed by atoms with Gasteiger partial charge in [0.25, 0.3) is 0 Å². The normalized spacial score (nSPS) is 28.8. The molecule has 2 aliphatic rings. The van der Waals surface area contributed by atoms with Crippen LogP contribution in [0.4, 0.5) is 0 Å². The van der Waals surface area contributed by atoms with Crippen LogP contribution >= 0.6 is 10.0 Å². The SMILES string of the molecule is O=[As](O)(SC1CCCCC1)C1CCCCC1. The molecule has 0 heterocycles. The molecule has 94 valence electrons. The Kier molecular flexibility index (Phi) is 4.93. The second kappa shape index (κ2) is 6.02. The summed E-state index contributed by atoms with van der Waals surface area (Å²) in [5.74, 6) is 0. The van der Waals surface area contributed by atoms with Crippen molar-refractivity contribution in [1.82, 2.24) is 0 Å². The maximum atomic E-state index is 12.4. The van der Waals surface area contributed by atoms with E-state index in [0.29, 0.717) is 5.25 Å². The van der Waals surface area contributed by atoms with E-state index in [1.165, 1.54) is 61.4 Å². The summed E-state index contributed by atoms with van der Waals surface area (Å²) < 4.78 is 22.9. The van der Waals surface area contributed by atoms with Crippen LogP contribution in [0.25, 0.3) is 0 Å². The number of hydrogen-bond donors (Lipinski definition) is 1. The summed E-state index contributed by atoms with van der Waals surface area (Å²) in [6.07, 6.45) is 11.8. The van der Waals surface area contributed by atoms with Crippen molar-refractivity contribution in [2.75, 3.05) is 0 Å². The van der Waals surface area contributed by atoms with E-state index in [-0.39, 0.29) is 4.71 Å². The molecule has 0 spiro atoms. The van der Waals surface area contributed by atoms with Crippen molar-refractivity contribution in [3.05, 3.63) is 0 Å². The molecule has 2 fully saturated rings. The molecule has 4 heteroatoms. The molecular weight excluding hydrogens is 283 g/mol. The second-order valence-electron chi connectivity index (χ2n) is 5.22. The third-order valence-electron chi connectivity index (χ3n) is 3.89. The standard InChI is InChI=1S/C12H23AsO2S/c14-13(15,11-7-3-1-4-8-11)16-12-9-5-2-6-10-12/h11-12H,1-10H2,(H,14,15). The third kappa shape index (κ3) is 3.58. The van der Waals surface area contributed by atoms with Gasteiger partial charge in [-0.15, -0.1) is 0 Å². The molecule has 1 atom stereocenters. The average Bonchev–Trinajstić information content (AvgIpc) is 2.31. The van der Waals surface area contributed by atoms with Gasteiger partial charge in [-0.25, -0.2) is 0 Å². The average molecular weight is 306 g/mol. The summed E-state index contributed by atoms with van der Waals surface area (Å²) >= 11 is -3.58. The van der Waals surface area contributed by atoms with Crippen LogP contribution in [0.2, 0.25) is 4.71 Å². The summed E-state index contributed by atoms with van der Waals surface area (Å²) in [7, 11) is 1.50. The second-order valence-corrected chi connectivity index (χ2v) is 14.0. The Morgan fingerprint density at radius 3 is 1.94 bits per heavy atom.